The zero-order valence-corrected chi connectivity index (χ0v) is 13.5. The van der Waals surface area contributed by atoms with Crippen LogP contribution in [-0.4, -0.2) is 33.2 Å². The average Bonchev–Trinajstić information content (AvgIpc) is 2.98. The van der Waals surface area contributed by atoms with E-state index in [2.05, 4.69) is 15.6 Å². The van der Waals surface area contributed by atoms with E-state index in [1.165, 1.54) is 0 Å². The highest BCUT2D eigenvalue weighted by Gasteiger charge is 2.25. The Labute approximate surface area is 135 Å². The van der Waals surface area contributed by atoms with Crippen molar-refractivity contribution in [2.24, 2.45) is 5.92 Å². The first-order chi connectivity index (χ1) is 11.2. The number of nitrogens with zero attached hydrogens (tertiary/aromatic N) is 2. The number of carbonyl (C=O) groups is 1. The Morgan fingerprint density at radius 3 is 3.00 bits per heavy atom. The summed E-state index contributed by atoms with van der Waals surface area (Å²) in [5.41, 5.74) is 2.82. The Morgan fingerprint density at radius 1 is 1.39 bits per heavy atom. The first-order valence-corrected chi connectivity index (χ1v) is 8.26. The van der Waals surface area contributed by atoms with Gasteiger partial charge in [0.15, 0.2) is 0 Å². The molecule has 6 nitrogen and oxygen atoms in total. The minimum absolute atomic E-state index is 0.0667. The molecule has 23 heavy (non-hydrogen) atoms. The van der Waals surface area contributed by atoms with Crippen molar-refractivity contribution in [2.75, 3.05) is 6.61 Å². The second kappa shape index (κ2) is 7.00. The summed E-state index contributed by atoms with van der Waals surface area (Å²) in [7, 11) is 0. The van der Waals surface area contributed by atoms with Gasteiger partial charge in [0.2, 0.25) is 0 Å². The second-order valence-corrected chi connectivity index (χ2v) is 6.29. The summed E-state index contributed by atoms with van der Waals surface area (Å²) in [4.78, 5) is 16.6. The van der Waals surface area contributed by atoms with Crippen LogP contribution in [0.2, 0.25) is 0 Å². The standard InChI is InChI=1S/C17H24N4O2/c1-12-5-4-8-16-19-14(10-21(12)16)9-18-17(23)20-15-7-3-2-6-13(15)11-22/h4-5,8,10,13,15,22H,2-3,6-7,9,11H2,1H3,(H2,18,20,23)/t13-,15-/m0/s1. The van der Waals surface area contributed by atoms with Gasteiger partial charge in [0.05, 0.1) is 12.2 Å². The Morgan fingerprint density at radius 2 is 2.22 bits per heavy atom. The molecule has 1 fully saturated rings. The van der Waals surface area contributed by atoms with E-state index in [9.17, 15) is 9.90 Å². The molecule has 2 aromatic rings. The van der Waals surface area contributed by atoms with E-state index in [0.29, 0.717) is 6.54 Å². The summed E-state index contributed by atoms with van der Waals surface area (Å²) >= 11 is 0. The van der Waals surface area contributed by atoms with Crippen molar-refractivity contribution in [3.8, 4) is 0 Å². The van der Waals surface area contributed by atoms with Crippen LogP contribution in [0.25, 0.3) is 5.65 Å². The smallest absolute Gasteiger partial charge is 0.315 e. The van der Waals surface area contributed by atoms with Gasteiger partial charge in [-0.05, 0) is 31.9 Å². The minimum Gasteiger partial charge on any atom is -0.396 e. The highest BCUT2D eigenvalue weighted by Crippen LogP contribution is 2.23. The number of urea groups is 1. The monoisotopic (exact) mass is 316 g/mol. The quantitative estimate of drug-likeness (QED) is 0.807. The third-order valence-corrected chi connectivity index (χ3v) is 4.64. The molecule has 0 unspecified atom stereocenters. The van der Waals surface area contributed by atoms with Crippen LogP contribution >= 0.6 is 0 Å². The van der Waals surface area contributed by atoms with Crippen molar-refractivity contribution in [2.45, 2.75) is 45.2 Å². The Bertz CT molecular complexity index is 682. The van der Waals surface area contributed by atoms with E-state index in [1.54, 1.807) is 0 Å². The number of fused-ring (bicyclic) bond motifs is 1. The van der Waals surface area contributed by atoms with Crippen LogP contribution in [-0.2, 0) is 6.54 Å². The molecule has 2 heterocycles. The number of amides is 2. The normalized spacial score (nSPS) is 21.3. The van der Waals surface area contributed by atoms with Gasteiger partial charge in [-0.15, -0.1) is 0 Å². The molecule has 124 valence electrons. The number of hydrogen-bond acceptors (Lipinski definition) is 3. The van der Waals surface area contributed by atoms with Crippen LogP contribution in [0.3, 0.4) is 0 Å². The van der Waals surface area contributed by atoms with Gasteiger partial charge in [-0.3, -0.25) is 0 Å². The molecule has 3 rings (SSSR count). The third kappa shape index (κ3) is 3.64. The number of pyridine rings is 1. The van der Waals surface area contributed by atoms with Gasteiger partial charge in [0.1, 0.15) is 5.65 Å². The van der Waals surface area contributed by atoms with Crippen LogP contribution in [0.4, 0.5) is 4.79 Å². The van der Waals surface area contributed by atoms with Crippen LogP contribution in [0.5, 0.6) is 0 Å². The number of imidazole rings is 1. The summed E-state index contributed by atoms with van der Waals surface area (Å²) in [5, 5.41) is 15.3. The largest absolute Gasteiger partial charge is 0.396 e. The number of aliphatic hydroxyl groups excluding tert-OH is 1. The lowest BCUT2D eigenvalue weighted by Gasteiger charge is -2.30. The van der Waals surface area contributed by atoms with Gasteiger partial charge in [-0.2, -0.15) is 0 Å². The number of aryl methyl sites for hydroxylation is 1. The number of rotatable bonds is 4. The topological polar surface area (TPSA) is 78.7 Å². The van der Waals surface area contributed by atoms with Gasteiger partial charge in [-0.1, -0.05) is 18.9 Å². The average molecular weight is 316 g/mol. The van der Waals surface area contributed by atoms with Crippen molar-refractivity contribution < 1.29 is 9.90 Å². The summed E-state index contributed by atoms with van der Waals surface area (Å²) in [6, 6.07) is 5.82. The molecular formula is C17H24N4O2. The second-order valence-electron chi connectivity index (χ2n) is 6.29. The fourth-order valence-corrected chi connectivity index (χ4v) is 3.29. The van der Waals surface area contributed by atoms with Gasteiger partial charge in [-0.25, -0.2) is 9.78 Å². The van der Waals surface area contributed by atoms with E-state index in [-0.39, 0.29) is 24.6 Å². The molecule has 2 amide bonds. The Kier molecular flexibility index (Phi) is 4.81. The molecule has 2 aromatic heterocycles. The number of hydrogen-bond donors (Lipinski definition) is 3. The van der Waals surface area contributed by atoms with Gasteiger partial charge in [0.25, 0.3) is 0 Å². The lowest BCUT2D eigenvalue weighted by molar-refractivity contribution is 0.153. The molecule has 0 bridgehead atoms. The molecule has 0 spiro atoms. The molecule has 6 heteroatoms. The molecule has 0 radical (unpaired) electrons. The lowest BCUT2D eigenvalue weighted by Crippen LogP contribution is -2.47. The predicted octanol–water partition coefficient (Wildman–Crippen LogP) is 1.99. The van der Waals surface area contributed by atoms with Crippen LogP contribution in [0.15, 0.2) is 24.4 Å². The summed E-state index contributed by atoms with van der Waals surface area (Å²) in [6.07, 6.45) is 6.10. The number of nitrogens with one attached hydrogen (secondary N) is 2. The minimum atomic E-state index is -0.191. The fourth-order valence-electron chi connectivity index (χ4n) is 3.29. The molecule has 0 aliphatic heterocycles. The van der Waals surface area contributed by atoms with E-state index >= 15 is 0 Å². The first-order valence-electron chi connectivity index (χ1n) is 8.26. The summed E-state index contributed by atoms with van der Waals surface area (Å²) in [6.45, 7) is 2.55. The van der Waals surface area contributed by atoms with Crippen molar-refractivity contribution in [3.05, 3.63) is 35.8 Å². The number of aliphatic hydroxyl groups is 1. The van der Waals surface area contributed by atoms with Crippen molar-refractivity contribution >= 4 is 11.7 Å². The maximum Gasteiger partial charge on any atom is 0.315 e. The molecule has 2 atom stereocenters. The number of aromatic nitrogens is 2. The van der Waals surface area contributed by atoms with E-state index in [4.69, 9.17) is 0 Å². The molecule has 0 aromatic carbocycles. The van der Waals surface area contributed by atoms with Crippen LogP contribution in [0.1, 0.15) is 37.1 Å². The van der Waals surface area contributed by atoms with Crippen LogP contribution < -0.4 is 10.6 Å². The van der Waals surface area contributed by atoms with Crippen molar-refractivity contribution in [3.63, 3.8) is 0 Å². The van der Waals surface area contributed by atoms with Crippen molar-refractivity contribution in [1.82, 2.24) is 20.0 Å². The lowest BCUT2D eigenvalue weighted by atomic mass is 9.85. The van der Waals surface area contributed by atoms with E-state index < -0.39 is 0 Å². The van der Waals surface area contributed by atoms with Gasteiger partial charge in [0, 0.05) is 30.5 Å². The predicted molar refractivity (Wildman–Crippen MR) is 88.1 cm³/mol. The molecule has 3 N–H and O–H groups in total. The maximum absolute atomic E-state index is 12.1. The van der Waals surface area contributed by atoms with E-state index in [1.807, 2.05) is 35.7 Å². The zero-order valence-electron chi connectivity index (χ0n) is 13.5. The van der Waals surface area contributed by atoms with Gasteiger partial charge >= 0.3 is 6.03 Å². The zero-order chi connectivity index (χ0) is 16.2. The Hall–Kier alpha value is -2.08. The number of carbonyl (C=O) groups excluding carboxylic acids is 1. The third-order valence-electron chi connectivity index (χ3n) is 4.64. The van der Waals surface area contributed by atoms with Crippen molar-refractivity contribution in [1.29, 1.82) is 0 Å². The molecule has 1 aliphatic carbocycles. The summed E-state index contributed by atoms with van der Waals surface area (Å²) in [5.74, 6) is 0.173. The maximum atomic E-state index is 12.1. The molecule has 1 saturated carbocycles. The Balaban J connectivity index is 1.56. The highest BCUT2D eigenvalue weighted by atomic mass is 16.3. The van der Waals surface area contributed by atoms with E-state index in [0.717, 1.165) is 42.7 Å². The summed E-state index contributed by atoms with van der Waals surface area (Å²) < 4.78 is 2.01. The van der Waals surface area contributed by atoms with Gasteiger partial charge < -0.3 is 20.1 Å². The first kappa shape index (κ1) is 15.8. The highest BCUT2D eigenvalue weighted by molar-refractivity contribution is 5.74. The SMILES string of the molecule is Cc1cccc2nc(CNC(=O)N[C@H]3CCCC[C@H]3CO)cn12. The molecular weight excluding hydrogens is 292 g/mol. The fraction of sp³-hybridized carbons (Fsp3) is 0.529. The molecule has 1 aliphatic rings. The van der Waals surface area contributed by atoms with Crippen LogP contribution in [0, 0.1) is 12.8 Å². The molecule has 0 saturated heterocycles.